The molecule has 0 aromatic rings. The molecular formula is C41H63O8P. The number of phosphoric ester groups is 1. The van der Waals surface area contributed by atoms with Crippen molar-refractivity contribution in [1.29, 1.82) is 0 Å². The van der Waals surface area contributed by atoms with Crippen LogP contribution in [0.3, 0.4) is 0 Å². The predicted octanol–water partition coefficient (Wildman–Crippen LogP) is 10.8. The molecule has 0 rings (SSSR count). The molecule has 0 amide bonds. The highest BCUT2D eigenvalue weighted by molar-refractivity contribution is 7.46. The SMILES string of the molecule is CC/C=C\C/C=C\C/C=C\C/C=C\C/C=C\CCCCCC(=O)OC(COC(=O)CC/C=C\C/C=C\C/C=C\C/C=C\CC)COP(=O)(O)O. The van der Waals surface area contributed by atoms with Gasteiger partial charge in [0.2, 0.25) is 0 Å². The molecule has 1 atom stereocenters. The number of allylic oxidation sites excluding steroid dienone is 18. The molecule has 0 heterocycles. The molecule has 0 bridgehead atoms. The van der Waals surface area contributed by atoms with Gasteiger partial charge in [-0.2, -0.15) is 0 Å². The number of esters is 2. The summed E-state index contributed by atoms with van der Waals surface area (Å²) >= 11 is 0. The highest BCUT2D eigenvalue weighted by atomic mass is 31.2. The minimum atomic E-state index is -4.78. The van der Waals surface area contributed by atoms with Crippen LogP contribution in [0.5, 0.6) is 0 Å². The molecule has 0 saturated heterocycles. The molecule has 9 heteroatoms. The monoisotopic (exact) mass is 714 g/mol. The maximum absolute atomic E-state index is 12.3. The molecule has 0 saturated carbocycles. The molecule has 0 aliphatic heterocycles. The van der Waals surface area contributed by atoms with E-state index in [0.717, 1.165) is 77.0 Å². The Morgan fingerprint density at radius 2 is 0.940 bits per heavy atom. The van der Waals surface area contributed by atoms with Crippen LogP contribution < -0.4 is 0 Å². The second-order valence-electron chi connectivity index (χ2n) is 11.4. The normalized spacial score (nSPS) is 13.8. The number of ether oxygens (including phenoxy) is 2. The van der Waals surface area contributed by atoms with Gasteiger partial charge < -0.3 is 19.3 Å². The highest BCUT2D eigenvalue weighted by Crippen LogP contribution is 2.35. The lowest BCUT2D eigenvalue weighted by Gasteiger charge is -2.18. The van der Waals surface area contributed by atoms with Crippen molar-refractivity contribution >= 4 is 19.8 Å². The van der Waals surface area contributed by atoms with E-state index < -0.39 is 32.5 Å². The molecule has 0 fully saturated rings. The van der Waals surface area contributed by atoms with Gasteiger partial charge in [0.15, 0.2) is 6.10 Å². The van der Waals surface area contributed by atoms with Gasteiger partial charge in [0, 0.05) is 12.8 Å². The first-order valence-electron chi connectivity index (χ1n) is 18.2. The number of unbranched alkanes of at least 4 members (excludes halogenated alkanes) is 3. The lowest BCUT2D eigenvalue weighted by Crippen LogP contribution is -2.29. The standard InChI is InChI=1S/C41H63O8P/c1-3-5-7-9-11-13-15-17-18-19-20-21-22-24-26-28-30-32-34-36-41(43)49-39(38-48-50(44,45)46)37-47-40(42)35-33-31-29-27-25-23-16-14-12-10-8-6-4-2/h5-8,11-14,17-18,20-21,23-26,29,31,39H,3-4,9-10,15-16,19,22,27-28,30,32-38H2,1-2H3,(H2,44,45,46)/b7-5-,8-6-,13-11-,14-12-,18-17-,21-20-,25-23-,26-24-,31-29-. The van der Waals surface area contributed by atoms with Crippen LogP contribution in [0.1, 0.15) is 117 Å². The third-order valence-electron chi connectivity index (χ3n) is 6.80. The summed E-state index contributed by atoms with van der Waals surface area (Å²) in [5.74, 6) is -1.03. The minimum absolute atomic E-state index is 0.131. The molecule has 1 unspecified atom stereocenters. The van der Waals surface area contributed by atoms with Crippen LogP contribution in [0.4, 0.5) is 0 Å². The van der Waals surface area contributed by atoms with Gasteiger partial charge in [-0.3, -0.25) is 14.1 Å². The fourth-order valence-electron chi connectivity index (χ4n) is 4.17. The molecule has 280 valence electrons. The van der Waals surface area contributed by atoms with Gasteiger partial charge in [0.25, 0.3) is 0 Å². The zero-order valence-electron chi connectivity index (χ0n) is 30.5. The maximum Gasteiger partial charge on any atom is 0.469 e. The van der Waals surface area contributed by atoms with E-state index in [1.807, 2.05) is 12.2 Å². The van der Waals surface area contributed by atoms with E-state index >= 15 is 0 Å². The highest BCUT2D eigenvalue weighted by Gasteiger charge is 2.22. The molecule has 8 nitrogen and oxygen atoms in total. The fraction of sp³-hybridized carbons (Fsp3) is 0.512. The smallest absolute Gasteiger partial charge is 0.462 e. The topological polar surface area (TPSA) is 119 Å². The van der Waals surface area contributed by atoms with E-state index in [0.29, 0.717) is 12.8 Å². The van der Waals surface area contributed by atoms with Crippen molar-refractivity contribution in [1.82, 2.24) is 0 Å². The van der Waals surface area contributed by atoms with E-state index in [2.05, 4.69) is 116 Å². The summed E-state index contributed by atoms with van der Waals surface area (Å²) in [5, 5.41) is 0. The first-order valence-corrected chi connectivity index (χ1v) is 19.7. The third-order valence-corrected chi connectivity index (χ3v) is 7.29. The van der Waals surface area contributed by atoms with E-state index in [-0.39, 0.29) is 19.4 Å². The number of phosphoric acid groups is 1. The van der Waals surface area contributed by atoms with Crippen molar-refractivity contribution in [3.8, 4) is 0 Å². The first-order chi connectivity index (χ1) is 24.3. The summed E-state index contributed by atoms with van der Waals surface area (Å²) in [6.07, 6.45) is 49.7. The molecule has 0 aliphatic carbocycles. The van der Waals surface area contributed by atoms with Gasteiger partial charge in [-0.05, 0) is 83.5 Å². The number of hydrogen-bond donors (Lipinski definition) is 2. The first kappa shape index (κ1) is 46.7. The Hall–Kier alpha value is -3.29. The summed E-state index contributed by atoms with van der Waals surface area (Å²) in [7, 11) is -4.78. The lowest BCUT2D eigenvalue weighted by molar-refractivity contribution is -0.161. The molecule has 2 N–H and O–H groups in total. The Balaban J connectivity index is 4.18. The van der Waals surface area contributed by atoms with E-state index in [9.17, 15) is 14.2 Å². The van der Waals surface area contributed by atoms with Crippen LogP contribution in [0.2, 0.25) is 0 Å². The summed E-state index contributed by atoms with van der Waals surface area (Å²) in [5.41, 5.74) is 0. The largest absolute Gasteiger partial charge is 0.469 e. The number of rotatable bonds is 31. The van der Waals surface area contributed by atoms with E-state index in [1.54, 1.807) is 0 Å². The third kappa shape index (κ3) is 37.5. The van der Waals surface area contributed by atoms with Gasteiger partial charge in [-0.25, -0.2) is 4.57 Å². The van der Waals surface area contributed by atoms with Crippen molar-refractivity contribution in [3.63, 3.8) is 0 Å². The van der Waals surface area contributed by atoms with Gasteiger partial charge in [-0.15, -0.1) is 0 Å². The Morgan fingerprint density at radius 3 is 1.38 bits per heavy atom. The van der Waals surface area contributed by atoms with Crippen molar-refractivity contribution in [2.45, 2.75) is 123 Å². The number of carbonyl (C=O) groups excluding carboxylic acids is 2. The minimum Gasteiger partial charge on any atom is -0.462 e. The van der Waals surface area contributed by atoms with Crippen LogP contribution in [-0.4, -0.2) is 41.0 Å². The van der Waals surface area contributed by atoms with Crippen molar-refractivity contribution in [2.75, 3.05) is 13.2 Å². The van der Waals surface area contributed by atoms with Crippen LogP contribution in [0.15, 0.2) is 109 Å². The number of hydrogen-bond acceptors (Lipinski definition) is 6. The molecule has 0 aromatic carbocycles. The molecule has 0 spiro atoms. The Morgan fingerprint density at radius 1 is 0.520 bits per heavy atom. The Kier molecular flexibility index (Phi) is 33.2. The fourth-order valence-corrected chi connectivity index (χ4v) is 4.54. The summed E-state index contributed by atoms with van der Waals surface area (Å²) < 4.78 is 26.2. The van der Waals surface area contributed by atoms with Gasteiger partial charge >= 0.3 is 19.8 Å². The summed E-state index contributed by atoms with van der Waals surface area (Å²) in [6, 6.07) is 0. The Labute approximate surface area is 302 Å². The summed E-state index contributed by atoms with van der Waals surface area (Å²) in [4.78, 5) is 42.6. The molecule has 0 radical (unpaired) electrons. The molecular weight excluding hydrogens is 651 g/mol. The predicted molar refractivity (Wildman–Crippen MR) is 206 cm³/mol. The quantitative estimate of drug-likeness (QED) is 0.0315. The van der Waals surface area contributed by atoms with Crippen molar-refractivity contribution in [2.24, 2.45) is 0 Å². The van der Waals surface area contributed by atoms with Crippen LogP contribution >= 0.6 is 7.82 Å². The Bertz CT molecular complexity index is 1170. The zero-order valence-corrected chi connectivity index (χ0v) is 31.4. The second kappa shape index (κ2) is 35.5. The van der Waals surface area contributed by atoms with Gasteiger partial charge in [-0.1, -0.05) is 130 Å². The van der Waals surface area contributed by atoms with E-state index in [1.165, 1.54) is 0 Å². The average Bonchev–Trinajstić information content (AvgIpc) is 3.08. The molecule has 50 heavy (non-hydrogen) atoms. The average molecular weight is 715 g/mol. The van der Waals surface area contributed by atoms with Crippen LogP contribution in [0.25, 0.3) is 0 Å². The lowest BCUT2D eigenvalue weighted by atomic mass is 10.1. The summed E-state index contributed by atoms with van der Waals surface area (Å²) in [6.45, 7) is 3.32. The van der Waals surface area contributed by atoms with E-state index in [4.69, 9.17) is 19.3 Å². The van der Waals surface area contributed by atoms with Gasteiger partial charge in [0.1, 0.15) is 6.61 Å². The maximum atomic E-state index is 12.3. The molecule has 0 aromatic heterocycles. The second-order valence-corrected chi connectivity index (χ2v) is 12.7. The number of carbonyl (C=O) groups is 2. The van der Waals surface area contributed by atoms with Crippen LogP contribution in [-0.2, 0) is 28.2 Å². The van der Waals surface area contributed by atoms with Crippen molar-refractivity contribution in [3.05, 3.63) is 109 Å². The zero-order chi connectivity index (χ0) is 36.8. The van der Waals surface area contributed by atoms with Crippen LogP contribution in [0, 0.1) is 0 Å². The van der Waals surface area contributed by atoms with Crippen molar-refractivity contribution < 1.29 is 37.9 Å². The van der Waals surface area contributed by atoms with Gasteiger partial charge in [0.05, 0.1) is 6.61 Å². The molecule has 0 aliphatic rings.